The molecule has 3 heterocycles. The summed E-state index contributed by atoms with van der Waals surface area (Å²) < 4.78 is 0.983. The second-order valence-electron chi connectivity index (χ2n) is 6.28. The van der Waals surface area contributed by atoms with Crippen LogP contribution in [0.2, 0.25) is 15.1 Å². The van der Waals surface area contributed by atoms with Gasteiger partial charge in [-0.1, -0.05) is 46.6 Å². The monoisotopic (exact) mass is 432 g/mol. The summed E-state index contributed by atoms with van der Waals surface area (Å²) in [5.41, 5.74) is 0. The Labute approximate surface area is 169 Å². The van der Waals surface area contributed by atoms with E-state index in [-0.39, 0.29) is 11.9 Å². The Morgan fingerprint density at radius 2 is 1.96 bits per heavy atom. The van der Waals surface area contributed by atoms with Crippen LogP contribution in [0.1, 0.15) is 28.9 Å². The van der Waals surface area contributed by atoms with Crippen molar-refractivity contribution in [1.82, 2.24) is 10.6 Å². The fraction of sp³-hybridized carbons (Fsp3) is 0.353. The Morgan fingerprint density at radius 3 is 2.68 bits per heavy atom. The van der Waals surface area contributed by atoms with E-state index in [1.807, 2.05) is 12.1 Å². The van der Waals surface area contributed by atoms with Gasteiger partial charge in [-0.05, 0) is 43.5 Å². The SMILES string of the molecule is O=C(NC1CC2CCC1N2)c1ccc(Sc2cc(Cl)c(Cl)cc2Cl)s1. The van der Waals surface area contributed by atoms with E-state index >= 15 is 0 Å². The second-order valence-corrected chi connectivity index (χ2v) is 9.93. The first-order valence-electron chi connectivity index (χ1n) is 7.99. The highest BCUT2D eigenvalue weighted by Crippen LogP contribution is 2.40. The third kappa shape index (κ3) is 3.82. The van der Waals surface area contributed by atoms with Crippen LogP contribution in [0.5, 0.6) is 0 Å². The summed E-state index contributed by atoms with van der Waals surface area (Å²) in [6.07, 6.45) is 3.40. The zero-order chi connectivity index (χ0) is 17.6. The van der Waals surface area contributed by atoms with E-state index in [4.69, 9.17) is 34.8 Å². The fourth-order valence-corrected chi connectivity index (χ4v) is 6.17. The van der Waals surface area contributed by atoms with Crippen LogP contribution in [0.15, 0.2) is 33.4 Å². The molecule has 2 bridgehead atoms. The van der Waals surface area contributed by atoms with Gasteiger partial charge in [0.2, 0.25) is 0 Å². The fourth-order valence-electron chi connectivity index (χ4n) is 3.41. The van der Waals surface area contributed by atoms with Crippen molar-refractivity contribution in [2.45, 2.75) is 46.5 Å². The highest BCUT2D eigenvalue weighted by molar-refractivity contribution is 8.01. The number of halogens is 3. The molecule has 0 radical (unpaired) electrons. The molecule has 3 atom stereocenters. The lowest BCUT2D eigenvalue weighted by Gasteiger charge is -2.20. The van der Waals surface area contributed by atoms with Crippen LogP contribution in [0.3, 0.4) is 0 Å². The summed E-state index contributed by atoms with van der Waals surface area (Å²) in [5, 5.41) is 8.15. The van der Waals surface area contributed by atoms with Gasteiger partial charge in [-0.25, -0.2) is 0 Å². The molecule has 2 aromatic rings. The van der Waals surface area contributed by atoms with Crippen molar-refractivity contribution < 1.29 is 4.79 Å². The number of carbonyl (C=O) groups excluding carboxylic acids is 1. The summed E-state index contributed by atoms with van der Waals surface area (Å²) in [6, 6.07) is 8.42. The quantitative estimate of drug-likeness (QED) is 0.627. The van der Waals surface area contributed by atoms with Gasteiger partial charge in [0.1, 0.15) is 0 Å². The van der Waals surface area contributed by atoms with Crippen LogP contribution in [0.25, 0.3) is 0 Å². The Kier molecular flexibility index (Phi) is 5.24. The maximum atomic E-state index is 12.5. The van der Waals surface area contributed by atoms with E-state index in [0.29, 0.717) is 32.0 Å². The summed E-state index contributed by atoms with van der Waals surface area (Å²) in [5.74, 6) is -0.00330. The van der Waals surface area contributed by atoms with E-state index in [9.17, 15) is 4.79 Å². The Balaban J connectivity index is 1.43. The smallest absolute Gasteiger partial charge is 0.261 e. The molecule has 0 saturated carbocycles. The average Bonchev–Trinajstić information content (AvgIpc) is 3.29. The molecule has 0 spiro atoms. The molecule has 2 aliphatic rings. The van der Waals surface area contributed by atoms with Gasteiger partial charge in [-0.3, -0.25) is 4.79 Å². The third-order valence-electron chi connectivity index (χ3n) is 4.61. The molecule has 25 heavy (non-hydrogen) atoms. The number of carbonyl (C=O) groups is 1. The third-order valence-corrected chi connectivity index (χ3v) is 8.03. The molecule has 2 fully saturated rings. The van der Waals surface area contributed by atoms with Gasteiger partial charge in [0, 0.05) is 23.0 Å². The van der Waals surface area contributed by atoms with E-state index in [1.165, 1.54) is 29.5 Å². The molecule has 2 aliphatic heterocycles. The van der Waals surface area contributed by atoms with Crippen molar-refractivity contribution in [1.29, 1.82) is 0 Å². The predicted molar refractivity (Wildman–Crippen MR) is 106 cm³/mol. The first-order chi connectivity index (χ1) is 12.0. The molecule has 8 heteroatoms. The molecular weight excluding hydrogens is 419 g/mol. The molecule has 0 aliphatic carbocycles. The van der Waals surface area contributed by atoms with Gasteiger partial charge in [0.25, 0.3) is 5.91 Å². The topological polar surface area (TPSA) is 41.1 Å². The molecule has 2 N–H and O–H groups in total. The standard InChI is InChI=1S/C17H15Cl3N2OS2/c18-9-6-11(20)15(7-10(9)19)25-16-4-3-14(24-16)17(23)22-13-5-8-1-2-12(13)21-8/h3-4,6-8,12-13,21H,1-2,5H2,(H,22,23). The largest absolute Gasteiger partial charge is 0.347 e. The van der Waals surface area contributed by atoms with E-state index in [2.05, 4.69) is 10.6 Å². The molecule has 3 unspecified atom stereocenters. The minimum absolute atomic E-state index is 0.00330. The van der Waals surface area contributed by atoms with Gasteiger partial charge in [-0.2, -0.15) is 0 Å². The van der Waals surface area contributed by atoms with Gasteiger partial charge < -0.3 is 10.6 Å². The van der Waals surface area contributed by atoms with Crippen LogP contribution < -0.4 is 10.6 Å². The van der Waals surface area contributed by atoms with Crippen LogP contribution >= 0.6 is 57.9 Å². The number of amides is 1. The van der Waals surface area contributed by atoms with Crippen molar-refractivity contribution in [2.24, 2.45) is 0 Å². The van der Waals surface area contributed by atoms with Crippen LogP contribution in [0.4, 0.5) is 0 Å². The summed E-state index contributed by atoms with van der Waals surface area (Å²) in [7, 11) is 0. The van der Waals surface area contributed by atoms with Gasteiger partial charge >= 0.3 is 0 Å². The van der Waals surface area contributed by atoms with Crippen molar-refractivity contribution in [3.05, 3.63) is 44.2 Å². The molecule has 3 nitrogen and oxygen atoms in total. The molecule has 1 aromatic carbocycles. The first kappa shape index (κ1) is 18.0. The van der Waals surface area contributed by atoms with Crippen LogP contribution in [-0.2, 0) is 0 Å². The van der Waals surface area contributed by atoms with E-state index < -0.39 is 0 Å². The maximum absolute atomic E-state index is 12.5. The van der Waals surface area contributed by atoms with Crippen molar-refractivity contribution in [3.63, 3.8) is 0 Å². The van der Waals surface area contributed by atoms with Crippen molar-refractivity contribution >= 4 is 63.8 Å². The van der Waals surface area contributed by atoms with Crippen LogP contribution in [-0.4, -0.2) is 24.0 Å². The number of rotatable bonds is 4. The number of nitrogens with one attached hydrogen (secondary N) is 2. The number of benzene rings is 1. The molecule has 1 amide bonds. The molecule has 132 valence electrons. The zero-order valence-corrected chi connectivity index (χ0v) is 16.9. The zero-order valence-electron chi connectivity index (χ0n) is 13.0. The minimum atomic E-state index is -0.00330. The lowest BCUT2D eigenvalue weighted by atomic mass is 9.95. The summed E-state index contributed by atoms with van der Waals surface area (Å²) in [4.78, 5) is 14.0. The highest BCUT2D eigenvalue weighted by atomic mass is 35.5. The number of fused-ring (bicyclic) bond motifs is 2. The predicted octanol–water partition coefficient (Wildman–Crippen LogP) is 5.48. The normalized spacial score (nSPS) is 24.7. The lowest BCUT2D eigenvalue weighted by Crippen LogP contribution is -2.42. The van der Waals surface area contributed by atoms with Crippen molar-refractivity contribution in [2.75, 3.05) is 0 Å². The van der Waals surface area contributed by atoms with Gasteiger partial charge in [0.15, 0.2) is 0 Å². The summed E-state index contributed by atoms with van der Waals surface area (Å²) >= 11 is 21.2. The molecule has 1 aromatic heterocycles. The van der Waals surface area contributed by atoms with E-state index in [0.717, 1.165) is 21.9 Å². The Bertz CT molecular complexity index is 826. The summed E-state index contributed by atoms with van der Waals surface area (Å²) in [6.45, 7) is 0. The number of thiophene rings is 1. The Morgan fingerprint density at radius 1 is 1.16 bits per heavy atom. The van der Waals surface area contributed by atoms with E-state index in [1.54, 1.807) is 12.1 Å². The molecule has 2 saturated heterocycles. The highest BCUT2D eigenvalue weighted by Gasteiger charge is 2.39. The molecule has 4 rings (SSSR count). The van der Waals surface area contributed by atoms with Crippen LogP contribution in [0, 0.1) is 0 Å². The Hall–Kier alpha value is -0.430. The van der Waals surface area contributed by atoms with Gasteiger partial charge in [0.05, 0.1) is 24.2 Å². The number of hydrogen-bond donors (Lipinski definition) is 2. The average molecular weight is 434 g/mol. The van der Waals surface area contributed by atoms with Gasteiger partial charge in [-0.15, -0.1) is 11.3 Å². The first-order valence-corrected chi connectivity index (χ1v) is 10.8. The minimum Gasteiger partial charge on any atom is -0.347 e. The molecular formula is C17H15Cl3N2OS2. The van der Waals surface area contributed by atoms with Crippen molar-refractivity contribution in [3.8, 4) is 0 Å². The second kappa shape index (κ2) is 7.29. The maximum Gasteiger partial charge on any atom is 0.261 e. The lowest BCUT2D eigenvalue weighted by molar-refractivity contribution is 0.0935. The number of hydrogen-bond acceptors (Lipinski definition) is 4.